The van der Waals surface area contributed by atoms with Gasteiger partial charge in [-0.25, -0.2) is 19.3 Å². The Bertz CT molecular complexity index is 555. The molecule has 2 aromatic heterocycles. The van der Waals surface area contributed by atoms with E-state index in [1.165, 1.54) is 11.2 Å². The second kappa shape index (κ2) is 6.06. The Labute approximate surface area is 116 Å². The Morgan fingerprint density at radius 1 is 1.26 bits per heavy atom. The van der Waals surface area contributed by atoms with Crippen molar-refractivity contribution in [1.82, 2.24) is 15.0 Å². The summed E-state index contributed by atoms with van der Waals surface area (Å²) >= 11 is 1.64. The molecule has 0 fully saturated rings. The second-order valence-electron chi connectivity index (χ2n) is 4.22. The molecule has 2 aromatic rings. The summed E-state index contributed by atoms with van der Waals surface area (Å²) in [6.45, 7) is 5.91. The zero-order valence-electron chi connectivity index (χ0n) is 11.3. The van der Waals surface area contributed by atoms with Crippen LogP contribution in [0.4, 0.5) is 10.2 Å². The molecule has 0 aromatic carbocycles. The van der Waals surface area contributed by atoms with Gasteiger partial charge in [-0.15, -0.1) is 11.3 Å². The molecule has 19 heavy (non-hydrogen) atoms. The van der Waals surface area contributed by atoms with Crippen LogP contribution in [-0.4, -0.2) is 15.0 Å². The van der Waals surface area contributed by atoms with Crippen molar-refractivity contribution in [3.63, 3.8) is 0 Å². The minimum atomic E-state index is -0.371. The summed E-state index contributed by atoms with van der Waals surface area (Å²) in [4.78, 5) is 13.4. The third-order valence-corrected chi connectivity index (χ3v) is 4.16. The summed E-state index contributed by atoms with van der Waals surface area (Å²) < 4.78 is 14.0. The number of nitrogens with zero attached hydrogens (tertiary/aromatic N) is 3. The molecule has 0 saturated carbocycles. The van der Waals surface area contributed by atoms with Gasteiger partial charge in [0.05, 0.1) is 11.7 Å². The standard InChI is InChI=1S/C13H17FN4S/c1-4-9-6-15-13(19-9)8(3)18-12-11(14)10(5-2)16-7-17-12/h6-8H,4-5H2,1-3H3,(H,16,17,18). The smallest absolute Gasteiger partial charge is 0.186 e. The Kier molecular flexibility index (Phi) is 4.42. The molecule has 0 spiro atoms. The van der Waals surface area contributed by atoms with E-state index >= 15 is 0 Å². The first-order chi connectivity index (χ1) is 9.15. The lowest BCUT2D eigenvalue weighted by Crippen LogP contribution is -2.11. The molecule has 1 N–H and O–H groups in total. The number of hydrogen-bond acceptors (Lipinski definition) is 5. The summed E-state index contributed by atoms with van der Waals surface area (Å²) in [5, 5.41) is 4.00. The molecule has 2 heterocycles. The van der Waals surface area contributed by atoms with Crippen molar-refractivity contribution < 1.29 is 4.39 Å². The molecule has 0 bridgehead atoms. The lowest BCUT2D eigenvalue weighted by molar-refractivity contribution is 0.594. The maximum atomic E-state index is 14.0. The molecule has 1 unspecified atom stereocenters. The third-order valence-electron chi connectivity index (χ3n) is 2.84. The molecule has 1 atom stereocenters. The number of thiazole rings is 1. The number of aromatic nitrogens is 3. The van der Waals surface area contributed by atoms with E-state index in [4.69, 9.17) is 0 Å². The number of halogens is 1. The van der Waals surface area contributed by atoms with Crippen molar-refractivity contribution in [2.75, 3.05) is 5.32 Å². The van der Waals surface area contributed by atoms with Crippen LogP contribution in [0.15, 0.2) is 12.5 Å². The number of rotatable bonds is 5. The van der Waals surface area contributed by atoms with Crippen molar-refractivity contribution in [1.29, 1.82) is 0 Å². The van der Waals surface area contributed by atoms with Crippen molar-refractivity contribution in [3.05, 3.63) is 33.9 Å². The highest BCUT2D eigenvalue weighted by atomic mass is 32.1. The van der Waals surface area contributed by atoms with Crippen LogP contribution in [0.5, 0.6) is 0 Å². The van der Waals surface area contributed by atoms with E-state index in [9.17, 15) is 4.39 Å². The van der Waals surface area contributed by atoms with E-state index in [0.717, 1.165) is 11.4 Å². The first kappa shape index (κ1) is 13.9. The molecule has 102 valence electrons. The molecule has 0 saturated heterocycles. The fourth-order valence-corrected chi connectivity index (χ4v) is 2.57. The van der Waals surface area contributed by atoms with E-state index in [0.29, 0.717) is 12.1 Å². The molecular weight excluding hydrogens is 263 g/mol. The minimum Gasteiger partial charge on any atom is -0.359 e. The van der Waals surface area contributed by atoms with Crippen LogP contribution in [0.3, 0.4) is 0 Å². The number of aryl methyl sites for hydroxylation is 2. The van der Waals surface area contributed by atoms with E-state index in [-0.39, 0.29) is 17.7 Å². The van der Waals surface area contributed by atoms with Gasteiger partial charge in [-0.05, 0) is 19.8 Å². The van der Waals surface area contributed by atoms with Gasteiger partial charge in [0, 0.05) is 11.1 Å². The van der Waals surface area contributed by atoms with Crippen molar-refractivity contribution in [2.24, 2.45) is 0 Å². The molecule has 0 amide bonds. The Morgan fingerprint density at radius 2 is 2.05 bits per heavy atom. The molecule has 0 radical (unpaired) electrons. The van der Waals surface area contributed by atoms with Crippen LogP contribution >= 0.6 is 11.3 Å². The fraction of sp³-hybridized carbons (Fsp3) is 0.462. The summed E-state index contributed by atoms with van der Waals surface area (Å²) in [6.07, 6.45) is 4.77. The third kappa shape index (κ3) is 3.07. The van der Waals surface area contributed by atoms with Crippen LogP contribution in [0.1, 0.15) is 42.4 Å². The van der Waals surface area contributed by atoms with Crippen LogP contribution in [0.2, 0.25) is 0 Å². The highest BCUT2D eigenvalue weighted by molar-refractivity contribution is 7.11. The summed E-state index contributed by atoms with van der Waals surface area (Å²) in [7, 11) is 0. The van der Waals surface area contributed by atoms with Gasteiger partial charge < -0.3 is 5.32 Å². The average Bonchev–Trinajstić information content (AvgIpc) is 2.90. The van der Waals surface area contributed by atoms with Crippen LogP contribution in [-0.2, 0) is 12.8 Å². The Hall–Kier alpha value is -1.56. The molecule has 0 aliphatic rings. The van der Waals surface area contributed by atoms with Crippen molar-refractivity contribution in [2.45, 2.75) is 39.7 Å². The van der Waals surface area contributed by atoms with Gasteiger partial charge in [0.15, 0.2) is 11.6 Å². The van der Waals surface area contributed by atoms with Crippen LogP contribution < -0.4 is 5.32 Å². The Balaban J connectivity index is 2.16. The topological polar surface area (TPSA) is 50.7 Å². The lowest BCUT2D eigenvalue weighted by atomic mass is 10.3. The second-order valence-corrected chi connectivity index (χ2v) is 5.37. The van der Waals surface area contributed by atoms with Crippen LogP contribution in [0.25, 0.3) is 0 Å². The van der Waals surface area contributed by atoms with Gasteiger partial charge in [-0.2, -0.15) is 0 Å². The van der Waals surface area contributed by atoms with Crippen molar-refractivity contribution >= 4 is 17.2 Å². The fourth-order valence-electron chi connectivity index (χ4n) is 1.71. The predicted octanol–water partition coefficient (Wildman–Crippen LogP) is 3.37. The van der Waals surface area contributed by atoms with E-state index in [1.807, 2.05) is 20.0 Å². The monoisotopic (exact) mass is 280 g/mol. The number of nitrogens with one attached hydrogen (secondary N) is 1. The summed E-state index contributed by atoms with van der Waals surface area (Å²) in [5.74, 6) is -0.128. The Morgan fingerprint density at radius 3 is 2.68 bits per heavy atom. The predicted molar refractivity (Wildman–Crippen MR) is 74.9 cm³/mol. The largest absolute Gasteiger partial charge is 0.359 e. The van der Waals surface area contributed by atoms with Gasteiger partial charge >= 0.3 is 0 Å². The highest BCUT2D eigenvalue weighted by Gasteiger charge is 2.15. The molecule has 0 aliphatic heterocycles. The first-order valence-corrected chi connectivity index (χ1v) is 7.17. The molecule has 0 aliphatic carbocycles. The number of hydrogen-bond donors (Lipinski definition) is 1. The molecule has 4 nitrogen and oxygen atoms in total. The minimum absolute atomic E-state index is 0.0700. The highest BCUT2D eigenvalue weighted by Crippen LogP contribution is 2.24. The summed E-state index contributed by atoms with van der Waals surface area (Å²) in [5.41, 5.74) is 0.429. The zero-order chi connectivity index (χ0) is 13.8. The average molecular weight is 280 g/mol. The lowest BCUT2D eigenvalue weighted by Gasteiger charge is -2.13. The van der Waals surface area contributed by atoms with Gasteiger partial charge in [0.2, 0.25) is 0 Å². The van der Waals surface area contributed by atoms with E-state index in [2.05, 4.69) is 27.2 Å². The maximum absolute atomic E-state index is 14.0. The molecule has 2 rings (SSSR count). The zero-order valence-corrected chi connectivity index (χ0v) is 12.1. The van der Waals surface area contributed by atoms with Gasteiger partial charge in [0.25, 0.3) is 0 Å². The normalized spacial score (nSPS) is 12.4. The van der Waals surface area contributed by atoms with Gasteiger partial charge in [0.1, 0.15) is 11.3 Å². The maximum Gasteiger partial charge on any atom is 0.186 e. The van der Waals surface area contributed by atoms with Gasteiger partial charge in [-0.1, -0.05) is 13.8 Å². The molecular formula is C13H17FN4S. The number of anilines is 1. The molecule has 6 heteroatoms. The quantitative estimate of drug-likeness (QED) is 0.912. The SMILES string of the molecule is CCc1cnc(C(C)Nc2ncnc(CC)c2F)s1. The van der Waals surface area contributed by atoms with Crippen molar-refractivity contribution in [3.8, 4) is 0 Å². The van der Waals surface area contributed by atoms with Gasteiger partial charge in [-0.3, -0.25) is 0 Å². The van der Waals surface area contributed by atoms with E-state index in [1.54, 1.807) is 11.3 Å². The first-order valence-electron chi connectivity index (χ1n) is 6.36. The summed E-state index contributed by atoms with van der Waals surface area (Å²) in [6, 6.07) is -0.0700. The van der Waals surface area contributed by atoms with E-state index < -0.39 is 0 Å². The van der Waals surface area contributed by atoms with Crippen LogP contribution in [0, 0.1) is 5.82 Å².